The van der Waals surface area contributed by atoms with Gasteiger partial charge in [-0.2, -0.15) is 0 Å². The van der Waals surface area contributed by atoms with Crippen molar-refractivity contribution in [2.75, 3.05) is 11.1 Å². The lowest BCUT2D eigenvalue weighted by molar-refractivity contribution is -0.133. The number of hydrogen-bond acceptors (Lipinski definition) is 6. The molecule has 0 fully saturated rings. The fourth-order valence-electron chi connectivity index (χ4n) is 1.32. The van der Waals surface area contributed by atoms with E-state index in [0.29, 0.717) is 16.3 Å². The Bertz CT molecular complexity index is 382. The number of rotatable bonds is 8. The Kier molecular flexibility index (Phi) is 6.42. The van der Waals surface area contributed by atoms with Crippen molar-refractivity contribution in [3.8, 4) is 0 Å². The van der Waals surface area contributed by atoms with Crippen molar-refractivity contribution in [1.29, 1.82) is 0 Å². The molecule has 0 bridgehead atoms. The van der Waals surface area contributed by atoms with Crippen LogP contribution in [0.15, 0.2) is 4.34 Å². The molecule has 0 spiro atoms. The van der Waals surface area contributed by atoms with Crippen LogP contribution in [0.3, 0.4) is 0 Å². The molecule has 0 aromatic carbocycles. The predicted octanol–water partition coefficient (Wildman–Crippen LogP) is 2.95. The molecule has 0 saturated carbocycles. The minimum Gasteiger partial charge on any atom is -0.481 e. The third kappa shape index (κ3) is 6.20. The average Bonchev–Trinajstić information content (AvgIpc) is 2.71. The molecule has 0 radical (unpaired) electrons. The lowest BCUT2D eigenvalue weighted by atomic mass is 10.0. The van der Waals surface area contributed by atoms with E-state index in [0.717, 1.165) is 11.6 Å². The summed E-state index contributed by atoms with van der Waals surface area (Å²) in [6, 6.07) is 0.359. The van der Waals surface area contributed by atoms with Crippen LogP contribution in [-0.2, 0) is 4.79 Å². The highest BCUT2D eigenvalue weighted by atomic mass is 32.2. The summed E-state index contributed by atoms with van der Waals surface area (Å²) in [5, 5.41) is 20.6. The van der Waals surface area contributed by atoms with E-state index in [1.165, 1.54) is 29.5 Å². The monoisotopic (exact) mass is 289 g/mol. The summed E-state index contributed by atoms with van der Waals surface area (Å²) in [6.45, 7) is 6.53. The number of hydrogen-bond donors (Lipinski definition) is 2. The molecule has 0 aliphatic carbocycles. The second kappa shape index (κ2) is 7.58. The predicted molar refractivity (Wildman–Crippen MR) is 75.4 cm³/mol. The van der Waals surface area contributed by atoms with Crippen LogP contribution in [0.5, 0.6) is 0 Å². The van der Waals surface area contributed by atoms with Gasteiger partial charge >= 0.3 is 5.97 Å². The van der Waals surface area contributed by atoms with Gasteiger partial charge < -0.3 is 10.4 Å². The van der Waals surface area contributed by atoms with Crippen molar-refractivity contribution >= 4 is 34.2 Å². The summed E-state index contributed by atoms with van der Waals surface area (Å²) in [6.07, 6.45) is 2.27. The van der Waals surface area contributed by atoms with E-state index in [4.69, 9.17) is 5.11 Å². The highest BCUT2D eigenvalue weighted by molar-refractivity contribution is 8.01. The molecule has 1 rings (SSSR count). The SMILES string of the molecule is CC(C)CCC(C)Nc1nnc(SCC(=O)O)s1. The van der Waals surface area contributed by atoms with Crippen LogP contribution in [0.1, 0.15) is 33.6 Å². The van der Waals surface area contributed by atoms with Gasteiger partial charge in [-0.05, 0) is 25.7 Å². The standard InChI is InChI=1S/C11H19N3O2S2/c1-7(2)4-5-8(3)12-10-13-14-11(18-10)17-6-9(15)16/h7-8H,4-6H2,1-3H3,(H,12,13)(H,15,16). The van der Waals surface area contributed by atoms with E-state index >= 15 is 0 Å². The van der Waals surface area contributed by atoms with Crippen molar-refractivity contribution in [3.63, 3.8) is 0 Å². The first-order chi connectivity index (χ1) is 8.47. The molecular weight excluding hydrogens is 270 g/mol. The molecule has 0 saturated heterocycles. The molecule has 0 amide bonds. The molecule has 1 heterocycles. The second-order valence-corrected chi connectivity index (χ2v) is 6.77. The van der Waals surface area contributed by atoms with Crippen molar-refractivity contribution in [3.05, 3.63) is 0 Å². The molecule has 7 heteroatoms. The minimum absolute atomic E-state index is 0.0253. The molecular formula is C11H19N3O2S2. The number of nitrogens with one attached hydrogen (secondary N) is 1. The Balaban J connectivity index is 2.36. The quantitative estimate of drug-likeness (QED) is 0.717. The first-order valence-corrected chi connectivity index (χ1v) is 7.72. The molecule has 5 nitrogen and oxygen atoms in total. The number of carboxylic acids is 1. The van der Waals surface area contributed by atoms with Gasteiger partial charge in [0.15, 0.2) is 4.34 Å². The molecule has 0 aliphatic heterocycles. The highest BCUT2D eigenvalue weighted by Crippen LogP contribution is 2.26. The second-order valence-electron chi connectivity index (χ2n) is 4.57. The number of carbonyl (C=O) groups is 1. The third-order valence-electron chi connectivity index (χ3n) is 2.27. The molecule has 102 valence electrons. The molecule has 1 atom stereocenters. The van der Waals surface area contributed by atoms with E-state index in [1.54, 1.807) is 0 Å². The van der Waals surface area contributed by atoms with Crippen LogP contribution >= 0.6 is 23.1 Å². The van der Waals surface area contributed by atoms with Gasteiger partial charge in [0.05, 0.1) is 5.75 Å². The van der Waals surface area contributed by atoms with E-state index in [1.807, 2.05) is 0 Å². The zero-order valence-corrected chi connectivity index (χ0v) is 12.5. The number of thioether (sulfide) groups is 1. The van der Waals surface area contributed by atoms with Crippen LogP contribution in [0.2, 0.25) is 0 Å². The first-order valence-electron chi connectivity index (χ1n) is 5.92. The van der Waals surface area contributed by atoms with E-state index in [-0.39, 0.29) is 5.75 Å². The minimum atomic E-state index is -0.838. The van der Waals surface area contributed by atoms with Crippen LogP contribution in [0.25, 0.3) is 0 Å². The largest absolute Gasteiger partial charge is 0.481 e. The number of anilines is 1. The highest BCUT2D eigenvalue weighted by Gasteiger charge is 2.09. The Hall–Kier alpha value is -0.820. The van der Waals surface area contributed by atoms with Crippen LogP contribution in [0.4, 0.5) is 5.13 Å². The van der Waals surface area contributed by atoms with Crippen molar-refractivity contribution in [2.24, 2.45) is 5.92 Å². The molecule has 0 aliphatic rings. The Morgan fingerprint density at radius 3 is 2.72 bits per heavy atom. The number of aromatic nitrogens is 2. The summed E-state index contributed by atoms with van der Waals surface area (Å²) in [5.41, 5.74) is 0. The van der Waals surface area contributed by atoms with E-state index in [9.17, 15) is 4.79 Å². The molecule has 18 heavy (non-hydrogen) atoms. The maximum absolute atomic E-state index is 10.4. The fourth-order valence-corrected chi connectivity index (χ4v) is 2.90. The van der Waals surface area contributed by atoms with Crippen LogP contribution in [0, 0.1) is 5.92 Å². The van der Waals surface area contributed by atoms with Crippen LogP contribution < -0.4 is 5.32 Å². The Morgan fingerprint density at radius 2 is 2.11 bits per heavy atom. The fraction of sp³-hybridized carbons (Fsp3) is 0.727. The van der Waals surface area contributed by atoms with Gasteiger partial charge in [-0.1, -0.05) is 36.9 Å². The topological polar surface area (TPSA) is 75.1 Å². The average molecular weight is 289 g/mol. The van der Waals surface area contributed by atoms with Crippen molar-refractivity contribution in [2.45, 2.75) is 44.0 Å². The zero-order valence-electron chi connectivity index (χ0n) is 10.8. The number of aliphatic carboxylic acids is 1. The summed E-state index contributed by atoms with van der Waals surface area (Å²) < 4.78 is 0.691. The lowest BCUT2D eigenvalue weighted by Gasteiger charge is -2.13. The van der Waals surface area contributed by atoms with Gasteiger partial charge in [0.25, 0.3) is 0 Å². The molecule has 1 aromatic heterocycles. The summed E-state index contributed by atoms with van der Waals surface area (Å²) >= 11 is 2.60. The van der Waals surface area contributed by atoms with Gasteiger partial charge in [-0.3, -0.25) is 4.79 Å². The maximum Gasteiger partial charge on any atom is 0.313 e. The van der Waals surface area contributed by atoms with Gasteiger partial charge in [-0.15, -0.1) is 10.2 Å². The number of nitrogens with zero attached hydrogens (tertiary/aromatic N) is 2. The molecule has 2 N–H and O–H groups in total. The van der Waals surface area contributed by atoms with Gasteiger partial charge in [0.2, 0.25) is 5.13 Å². The zero-order chi connectivity index (χ0) is 13.5. The van der Waals surface area contributed by atoms with Gasteiger partial charge in [0.1, 0.15) is 0 Å². The molecule has 1 aromatic rings. The van der Waals surface area contributed by atoms with Crippen LogP contribution in [-0.4, -0.2) is 33.1 Å². The van der Waals surface area contributed by atoms with Gasteiger partial charge in [-0.25, -0.2) is 0 Å². The summed E-state index contributed by atoms with van der Waals surface area (Å²) in [7, 11) is 0. The lowest BCUT2D eigenvalue weighted by Crippen LogP contribution is -2.15. The third-order valence-corrected chi connectivity index (χ3v) is 4.25. The smallest absolute Gasteiger partial charge is 0.313 e. The van der Waals surface area contributed by atoms with E-state index < -0.39 is 5.97 Å². The maximum atomic E-state index is 10.4. The first kappa shape index (κ1) is 15.2. The summed E-state index contributed by atoms with van der Waals surface area (Å²) in [5.74, 6) is -0.113. The number of carboxylic acid groups (broad SMARTS) is 1. The van der Waals surface area contributed by atoms with Crippen molar-refractivity contribution < 1.29 is 9.90 Å². The Labute approximate surface area is 115 Å². The molecule has 1 unspecified atom stereocenters. The van der Waals surface area contributed by atoms with Crippen molar-refractivity contribution in [1.82, 2.24) is 10.2 Å². The normalized spacial score (nSPS) is 12.7. The summed E-state index contributed by atoms with van der Waals surface area (Å²) in [4.78, 5) is 10.4. The van der Waals surface area contributed by atoms with Gasteiger partial charge in [0, 0.05) is 6.04 Å². The Morgan fingerprint density at radius 1 is 1.39 bits per heavy atom. The van der Waals surface area contributed by atoms with E-state index in [2.05, 4.69) is 36.3 Å².